The topological polar surface area (TPSA) is 149 Å². The quantitative estimate of drug-likeness (QED) is 0.0261. The Morgan fingerprint density at radius 1 is 0.485 bits per heavy atom. The van der Waals surface area contributed by atoms with Crippen LogP contribution in [0.1, 0.15) is 277 Å². The van der Waals surface area contributed by atoms with Gasteiger partial charge in [0, 0.05) is 6.42 Å². The first-order valence-electron chi connectivity index (χ1n) is 29.2. The number of aliphatic hydroxyl groups excluding tert-OH is 5. The molecule has 0 radical (unpaired) electrons. The molecule has 6 N–H and O–H groups in total. The summed E-state index contributed by atoms with van der Waals surface area (Å²) in [4.78, 5) is 13.0. The van der Waals surface area contributed by atoms with Gasteiger partial charge in [-0.2, -0.15) is 0 Å². The van der Waals surface area contributed by atoms with Crippen molar-refractivity contribution in [2.75, 3.05) is 13.2 Å². The Morgan fingerprint density at radius 2 is 0.853 bits per heavy atom. The molecule has 68 heavy (non-hydrogen) atoms. The van der Waals surface area contributed by atoms with Crippen molar-refractivity contribution in [3.05, 3.63) is 36.5 Å². The fourth-order valence-electron chi connectivity index (χ4n) is 9.27. The average Bonchev–Trinajstić information content (AvgIpc) is 3.34. The average molecular weight is 963 g/mol. The molecule has 1 heterocycles. The number of hydrogen-bond donors (Lipinski definition) is 6. The predicted octanol–water partition coefficient (Wildman–Crippen LogP) is 14.4. The third kappa shape index (κ3) is 38.1. The van der Waals surface area contributed by atoms with E-state index < -0.39 is 49.5 Å². The third-order valence-corrected chi connectivity index (χ3v) is 13.9. The van der Waals surface area contributed by atoms with E-state index in [1.807, 2.05) is 6.08 Å². The molecule has 0 saturated carbocycles. The van der Waals surface area contributed by atoms with Crippen molar-refractivity contribution in [3.63, 3.8) is 0 Å². The van der Waals surface area contributed by atoms with E-state index in [0.717, 1.165) is 44.9 Å². The van der Waals surface area contributed by atoms with Gasteiger partial charge in [-0.25, -0.2) is 0 Å². The van der Waals surface area contributed by atoms with Crippen molar-refractivity contribution in [3.8, 4) is 0 Å². The second-order valence-corrected chi connectivity index (χ2v) is 20.4. The third-order valence-electron chi connectivity index (χ3n) is 13.9. The number of ether oxygens (including phenoxy) is 2. The minimum atomic E-state index is -1.57. The van der Waals surface area contributed by atoms with Crippen molar-refractivity contribution in [1.82, 2.24) is 5.32 Å². The largest absolute Gasteiger partial charge is 0.394 e. The molecule has 9 nitrogen and oxygen atoms in total. The van der Waals surface area contributed by atoms with Crippen LogP contribution < -0.4 is 5.32 Å². The summed E-state index contributed by atoms with van der Waals surface area (Å²) in [5.41, 5.74) is 0. The number of carbonyl (C=O) groups is 1. The van der Waals surface area contributed by atoms with Crippen LogP contribution in [0.25, 0.3) is 0 Å². The number of unbranched alkanes of at least 4 members (excludes halogenated alkanes) is 36. The SMILES string of the molecule is CCCC/C=C/CC/C=C/C(O)C(COC1OC(CO)C(O)C(O)C1O)NC(=O)CCCCCCCCCCCCCCCCCCCCCCCCCCC/C=C\CCCCCCCCCC. The van der Waals surface area contributed by atoms with E-state index in [4.69, 9.17) is 9.47 Å². The molecule has 1 saturated heterocycles. The molecular formula is C59H111NO8. The highest BCUT2D eigenvalue weighted by atomic mass is 16.7. The first-order chi connectivity index (χ1) is 33.3. The molecule has 0 aromatic heterocycles. The van der Waals surface area contributed by atoms with Gasteiger partial charge >= 0.3 is 0 Å². The second-order valence-electron chi connectivity index (χ2n) is 20.4. The van der Waals surface area contributed by atoms with E-state index >= 15 is 0 Å². The van der Waals surface area contributed by atoms with E-state index in [1.54, 1.807) is 6.08 Å². The summed E-state index contributed by atoms with van der Waals surface area (Å²) in [6.07, 6.45) is 57.1. The van der Waals surface area contributed by atoms with Gasteiger partial charge in [0.25, 0.3) is 0 Å². The molecule has 1 fully saturated rings. The van der Waals surface area contributed by atoms with Gasteiger partial charge in [0.05, 0.1) is 25.4 Å². The maximum atomic E-state index is 13.0. The maximum Gasteiger partial charge on any atom is 0.220 e. The Morgan fingerprint density at radius 3 is 1.28 bits per heavy atom. The second kappa shape index (κ2) is 49.0. The van der Waals surface area contributed by atoms with E-state index in [-0.39, 0.29) is 12.5 Å². The van der Waals surface area contributed by atoms with Crippen LogP contribution >= 0.6 is 0 Å². The van der Waals surface area contributed by atoms with Crippen molar-refractivity contribution < 1.29 is 39.8 Å². The Labute approximate surface area is 419 Å². The van der Waals surface area contributed by atoms with Crippen LogP contribution in [0, 0.1) is 0 Å². The van der Waals surface area contributed by atoms with E-state index in [0.29, 0.717) is 6.42 Å². The molecule has 1 aliphatic heterocycles. The Bertz CT molecular complexity index is 1160. The van der Waals surface area contributed by atoms with E-state index in [9.17, 15) is 30.3 Å². The zero-order chi connectivity index (χ0) is 49.4. The summed E-state index contributed by atoms with van der Waals surface area (Å²) in [7, 11) is 0. The lowest BCUT2D eigenvalue weighted by molar-refractivity contribution is -0.302. The van der Waals surface area contributed by atoms with Crippen LogP contribution in [0.5, 0.6) is 0 Å². The predicted molar refractivity (Wildman–Crippen MR) is 286 cm³/mol. The maximum absolute atomic E-state index is 13.0. The van der Waals surface area contributed by atoms with Crippen LogP contribution in [0.2, 0.25) is 0 Å². The zero-order valence-electron chi connectivity index (χ0n) is 44.4. The fourth-order valence-corrected chi connectivity index (χ4v) is 9.27. The summed E-state index contributed by atoms with van der Waals surface area (Å²) in [5.74, 6) is -0.186. The summed E-state index contributed by atoms with van der Waals surface area (Å²) in [6, 6.07) is -0.817. The summed E-state index contributed by atoms with van der Waals surface area (Å²) < 4.78 is 11.2. The molecule has 1 aliphatic rings. The van der Waals surface area contributed by atoms with Gasteiger partial charge in [0.1, 0.15) is 24.4 Å². The Hall–Kier alpha value is -1.59. The number of amides is 1. The van der Waals surface area contributed by atoms with Crippen LogP contribution in [0.4, 0.5) is 0 Å². The molecule has 7 unspecified atom stereocenters. The number of nitrogens with one attached hydrogen (secondary N) is 1. The Balaban J connectivity index is 1.99. The molecule has 0 spiro atoms. The van der Waals surface area contributed by atoms with Crippen LogP contribution in [-0.2, 0) is 14.3 Å². The molecule has 7 atom stereocenters. The lowest BCUT2D eigenvalue weighted by atomic mass is 9.99. The first kappa shape index (κ1) is 64.4. The molecule has 1 rings (SSSR count). The lowest BCUT2D eigenvalue weighted by Gasteiger charge is -2.40. The Kier molecular flexibility index (Phi) is 46.4. The van der Waals surface area contributed by atoms with E-state index in [2.05, 4.69) is 43.5 Å². The normalized spacial score (nSPS) is 19.8. The number of allylic oxidation sites excluding steroid dienone is 5. The van der Waals surface area contributed by atoms with Crippen molar-refractivity contribution in [2.24, 2.45) is 0 Å². The molecule has 0 bridgehead atoms. The number of aliphatic hydroxyl groups is 5. The standard InChI is InChI=1S/C59H111NO8/c1-3-5-7-9-11-13-14-15-16-17-18-19-20-21-22-23-24-25-26-27-28-29-30-31-32-33-34-35-36-37-38-39-40-41-43-45-47-49-55(63)60-52(53(62)48-46-44-42-12-10-8-6-4-2)51-67-59-58(66)57(65)56(64)54(50-61)68-59/h10,12,17-18,46,48,52-54,56-59,61-62,64-66H,3-9,11,13-16,19-45,47,49-51H2,1-2H3,(H,60,63)/b12-10+,18-17-,48-46+. The number of carbonyl (C=O) groups excluding carboxylic acids is 1. The van der Waals surface area contributed by atoms with Crippen molar-refractivity contribution >= 4 is 5.91 Å². The van der Waals surface area contributed by atoms with Crippen molar-refractivity contribution in [1.29, 1.82) is 0 Å². The monoisotopic (exact) mass is 962 g/mol. The minimum absolute atomic E-state index is 0.186. The number of rotatable bonds is 50. The highest BCUT2D eigenvalue weighted by Gasteiger charge is 2.44. The molecule has 1 amide bonds. The molecule has 0 aromatic carbocycles. The van der Waals surface area contributed by atoms with Crippen LogP contribution in [-0.4, -0.2) is 87.5 Å². The minimum Gasteiger partial charge on any atom is -0.394 e. The van der Waals surface area contributed by atoms with Gasteiger partial charge in [-0.15, -0.1) is 0 Å². The molecule has 400 valence electrons. The summed E-state index contributed by atoms with van der Waals surface area (Å²) in [5, 5.41) is 54.1. The van der Waals surface area contributed by atoms with Gasteiger partial charge in [0.15, 0.2) is 6.29 Å². The zero-order valence-corrected chi connectivity index (χ0v) is 44.4. The van der Waals surface area contributed by atoms with Gasteiger partial charge in [-0.3, -0.25) is 4.79 Å². The highest BCUT2D eigenvalue weighted by molar-refractivity contribution is 5.76. The van der Waals surface area contributed by atoms with Crippen LogP contribution in [0.15, 0.2) is 36.5 Å². The highest BCUT2D eigenvalue weighted by Crippen LogP contribution is 2.23. The molecular weight excluding hydrogens is 851 g/mol. The molecule has 9 heteroatoms. The lowest BCUT2D eigenvalue weighted by Crippen LogP contribution is -2.60. The van der Waals surface area contributed by atoms with Gasteiger partial charge in [-0.1, -0.05) is 256 Å². The van der Waals surface area contributed by atoms with Gasteiger partial charge < -0.3 is 40.3 Å². The summed E-state index contributed by atoms with van der Waals surface area (Å²) in [6.45, 7) is 3.69. The van der Waals surface area contributed by atoms with Gasteiger partial charge in [0.2, 0.25) is 5.91 Å². The van der Waals surface area contributed by atoms with Crippen LogP contribution in [0.3, 0.4) is 0 Å². The van der Waals surface area contributed by atoms with E-state index in [1.165, 1.54) is 212 Å². The smallest absolute Gasteiger partial charge is 0.220 e. The first-order valence-corrected chi connectivity index (χ1v) is 29.2. The van der Waals surface area contributed by atoms with Crippen molar-refractivity contribution in [2.45, 2.75) is 320 Å². The molecule has 0 aliphatic carbocycles. The number of hydrogen-bond acceptors (Lipinski definition) is 8. The molecule has 0 aromatic rings. The fraction of sp³-hybridized carbons (Fsp3) is 0.881. The van der Waals surface area contributed by atoms with Gasteiger partial charge in [-0.05, 0) is 51.4 Å². The summed E-state index contributed by atoms with van der Waals surface area (Å²) >= 11 is 0.